The van der Waals surface area contributed by atoms with Gasteiger partial charge in [0.15, 0.2) is 5.60 Å². The number of alkyl halides is 2. The van der Waals surface area contributed by atoms with E-state index in [1.54, 1.807) is 24.3 Å². The monoisotopic (exact) mass is 365 g/mol. The molecule has 2 aromatic rings. The number of amides is 1. The van der Waals surface area contributed by atoms with Crippen LogP contribution in [-0.4, -0.2) is 52.3 Å². The third-order valence-electron chi connectivity index (χ3n) is 4.57. The Morgan fingerprint density at radius 1 is 1.12 bits per heavy atom. The topological polar surface area (TPSA) is 87.1 Å². The van der Waals surface area contributed by atoms with E-state index in [4.69, 9.17) is 5.11 Å². The Balaban J connectivity index is 1.91. The van der Waals surface area contributed by atoms with Crippen LogP contribution in [0.3, 0.4) is 0 Å². The Labute approximate surface area is 147 Å². The van der Waals surface area contributed by atoms with Crippen LogP contribution in [0, 0.1) is 0 Å². The van der Waals surface area contributed by atoms with Crippen LogP contribution in [0.25, 0.3) is 10.8 Å². The molecule has 1 aliphatic rings. The van der Waals surface area contributed by atoms with E-state index in [9.17, 15) is 23.5 Å². The minimum Gasteiger partial charge on any atom is -0.479 e. The van der Waals surface area contributed by atoms with Gasteiger partial charge in [0.1, 0.15) is 5.75 Å². The minimum absolute atomic E-state index is 0.00256. The van der Waals surface area contributed by atoms with Crippen LogP contribution in [0.1, 0.15) is 23.2 Å². The van der Waals surface area contributed by atoms with Crippen molar-refractivity contribution in [3.63, 3.8) is 0 Å². The first kappa shape index (κ1) is 18.1. The predicted molar refractivity (Wildman–Crippen MR) is 88.3 cm³/mol. The molecule has 0 aliphatic carbocycles. The first-order chi connectivity index (χ1) is 12.3. The van der Waals surface area contributed by atoms with Crippen LogP contribution < -0.4 is 4.74 Å². The number of rotatable bonds is 4. The summed E-state index contributed by atoms with van der Waals surface area (Å²) in [4.78, 5) is 25.2. The third kappa shape index (κ3) is 3.45. The molecule has 1 heterocycles. The number of carbonyl (C=O) groups excluding carboxylic acids is 1. The lowest BCUT2D eigenvalue weighted by Gasteiger charge is -2.35. The van der Waals surface area contributed by atoms with E-state index in [0.29, 0.717) is 10.8 Å². The Hall–Kier alpha value is -2.74. The fraction of sp³-hybridized carbons (Fsp3) is 0.333. The molecule has 0 radical (unpaired) electrons. The van der Waals surface area contributed by atoms with Crippen LogP contribution in [-0.2, 0) is 4.79 Å². The van der Waals surface area contributed by atoms with Gasteiger partial charge < -0.3 is 19.8 Å². The molecule has 0 aromatic heterocycles. The van der Waals surface area contributed by atoms with E-state index >= 15 is 0 Å². The van der Waals surface area contributed by atoms with Gasteiger partial charge in [-0.25, -0.2) is 4.79 Å². The molecular weight excluding hydrogens is 348 g/mol. The molecule has 138 valence electrons. The molecule has 1 aliphatic heterocycles. The van der Waals surface area contributed by atoms with Crippen molar-refractivity contribution in [2.75, 3.05) is 13.1 Å². The average Bonchev–Trinajstić information content (AvgIpc) is 2.60. The lowest BCUT2D eigenvalue weighted by molar-refractivity contribution is -0.162. The fourth-order valence-electron chi connectivity index (χ4n) is 3.04. The fourth-order valence-corrected chi connectivity index (χ4v) is 3.04. The van der Waals surface area contributed by atoms with Crippen molar-refractivity contribution in [1.29, 1.82) is 0 Å². The van der Waals surface area contributed by atoms with E-state index in [1.165, 1.54) is 17.0 Å². The maximum atomic E-state index is 12.8. The molecule has 6 nitrogen and oxygen atoms in total. The molecule has 1 saturated heterocycles. The zero-order valence-electron chi connectivity index (χ0n) is 13.7. The van der Waals surface area contributed by atoms with Crippen molar-refractivity contribution in [3.05, 3.63) is 42.0 Å². The van der Waals surface area contributed by atoms with Crippen molar-refractivity contribution in [3.8, 4) is 5.75 Å². The molecule has 26 heavy (non-hydrogen) atoms. The number of fused-ring (bicyclic) bond motifs is 1. The number of piperidine rings is 1. The number of carbonyl (C=O) groups is 2. The number of carboxylic acids is 1. The summed E-state index contributed by atoms with van der Waals surface area (Å²) in [5.41, 5.74) is -1.90. The summed E-state index contributed by atoms with van der Waals surface area (Å²) in [5, 5.41) is 20.4. The summed E-state index contributed by atoms with van der Waals surface area (Å²) in [5.74, 6) is -2.11. The number of hydrogen-bond donors (Lipinski definition) is 2. The molecule has 0 spiro atoms. The second-order valence-corrected chi connectivity index (χ2v) is 6.20. The normalized spacial score (nSPS) is 16.7. The number of hydrogen-bond acceptors (Lipinski definition) is 4. The number of benzene rings is 2. The van der Waals surface area contributed by atoms with E-state index in [0.717, 1.165) is 0 Å². The van der Waals surface area contributed by atoms with Crippen molar-refractivity contribution in [1.82, 2.24) is 4.90 Å². The molecule has 3 rings (SSSR count). The Kier molecular flexibility index (Phi) is 4.78. The van der Waals surface area contributed by atoms with Crippen LogP contribution in [0.5, 0.6) is 5.75 Å². The van der Waals surface area contributed by atoms with Crippen molar-refractivity contribution < 1.29 is 33.3 Å². The van der Waals surface area contributed by atoms with E-state index in [2.05, 4.69) is 4.74 Å². The lowest BCUT2D eigenvalue weighted by Crippen LogP contribution is -2.50. The summed E-state index contributed by atoms with van der Waals surface area (Å²) < 4.78 is 30.0. The summed E-state index contributed by atoms with van der Waals surface area (Å²) in [6, 6.07) is 9.83. The highest BCUT2D eigenvalue weighted by atomic mass is 19.3. The van der Waals surface area contributed by atoms with E-state index in [1.807, 2.05) is 0 Å². The molecule has 0 unspecified atom stereocenters. The molecule has 0 saturated carbocycles. The Morgan fingerprint density at radius 3 is 2.23 bits per heavy atom. The maximum Gasteiger partial charge on any atom is 0.387 e. The second kappa shape index (κ2) is 6.87. The Bertz CT molecular complexity index is 847. The Morgan fingerprint density at radius 2 is 1.69 bits per heavy atom. The summed E-state index contributed by atoms with van der Waals surface area (Å²) in [6.45, 7) is -3.08. The number of nitrogens with zero attached hydrogens (tertiary/aromatic N) is 1. The first-order valence-electron chi connectivity index (χ1n) is 8.03. The van der Waals surface area contributed by atoms with Crippen LogP contribution in [0.2, 0.25) is 0 Å². The van der Waals surface area contributed by atoms with Gasteiger partial charge >= 0.3 is 12.6 Å². The third-order valence-corrected chi connectivity index (χ3v) is 4.57. The molecule has 2 N–H and O–H groups in total. The van der Waals surface area contributed by atoms with Crippen LogP contribution >= 0.6 is 0 Å². The summed E-state index contributed by atoms with van der Waals surface area (Å²) in [7, 11) is 0. The molecule has 0 atom stereocenters. The zero-order valence-corrected chi connectivity index (χ0v) is 13.7. The molecule has 1 fully saturated rings. The summed E-state index contributed by atoms with van der Waals surface area (Å²) in [6.07, 6.45) is -0.264. The number of halogens is 2. The highest BCUT2D eigenvalue weighted by Crippen LogP contribution is 2.30. The van der Waals surface area contributed by atoms with Crippen molar-refractivity contribution >= 4 is 22.6 Å². The molecule has 1 amide bonds. The highest BCUT2D eigenvalue weighted by Gasteiger charge is 2.40. The molecular formula is C18H17F2NO5. The maximum absolute atomic E-state index is 12.8. The van der Waals surface area contributed by atoms with Gasteiger partial charge in [0, 0.05) is 25.9 Å². The lowest BCUT2D eigenvalue weighted by atomic mass is 9.91. The number of carboxylic acid groups (broad SMARTS) is 1. The van der Waals surface area contributed by atoms with Gasteiger partial charge in [-0.1, -0.05) is 24.3 Å². The van der Waals surface area contributed by atoms with Gasteiger partial charge in [0.2, 0.25) is 0 Å². The predicted octanol–water partition coefficient (Wildman–Crippen LogP) is 2.49. The quantitative estimate of drug-likeness (QED) is 0.869. The highest BCUT2D eigenvalue weighted by molar-refractivity contribution is 6.01. The number of likely N-dealkylation sites (tertiary alicyclic amines) is 1. The average molecular weight is 365 g/mol. The molecule has 2 aromatic carbocycles. The van der Waals surface area contributed by atoms with Crippen LogP contribution in [0.4, 0.5) is 8.78 Å². The van der Waals surface area contributed by atoms with E-state index in [-0.39, 0.29) is 37.2 Å². The van der Waals surface area contributed by atoms with Gasteiger partial charge in [-0.3, -0.25) is 4.79 Å². The van der Waals surface area contributed by atoms with Gasteiger partial charge in [0.25, 0.3) is 5.91 Å². The number of ether oxygens (including phenoxy) is 1. The SMILES string of the molecule is O=C(c1cc2ccccc2cc1OC(F)F)N1CCC(O)(C(=O)O)CC1. The van der Waals surface area contributed by atoms with Gasteiger partial charge in [-0.15, -0.1) is 0 Å². The molecule has 8 heteroatoms. The number of aliphatic carboxylic acids is 1. The van der Waals surface area contributed by atoms with Crippen LogP contribution in [0.15, 0.2) is 36.4 Å². The zero-order chi connectivity index (χ0) is 18.9. The van der Waals surface area contributed by atoms with Gasteiger partial charge in [0.05, 0.1) is 5.56 Å². The smallest absolute Gasteiger partial charge is 0.387 e. The van der Waals surface area contributed by atoms with Gasteiger partial charge in [-0.2, -0.15) is 8.78 Å². The van der Waals surface area contributed by atoms with Gasteiger partial charge in [-0.05, 0) is 22.9 Å². The standard InChI is InChI=1S/C18H17F2NO5/c19-17(20)26-14-10-12-4-2-1-3-11(12)9-13(14)15(22)21-7-5-18(25,6-8-21)16(23)24/h1-4,9-10,17,25H,5-8H2,(H,23,24). The second-order valence-electron chi connectivity index (χ2n) is 6.20. The molecule has 0 bridgehead atoms. The van der Waals surface area contributed by atoms with E-state index < -0.39 is 24.1 Å². The minimum atomic E-state index is -3.08. The largest absolute Gasteiger partial charge is 0.479 e. The first-order valence-corrected chi connectivity index (χ1v) is 8.03. The summed E-state index contributed by atoms with van der Waals surface area (Å²) >= 11 is 0. The number of aliphatic hydroxyl groups is 1. The van der Waals surface area contributed by atoms with Crippen molar-refractivity contribution in [2.24, 2.45) is 0 Å². The van der Waals surface area contributed by atoms with Crippen molar-refractivity contribution in [2.45, 2.75) is 25.1 Å².